The molecule has 2 rings (SSSR count). The Balaban J connectivity index is 2.49. The van der Waals surface area contributed by atoms with E-state index in [4.69, 9.17) is 0 Å². The zero-order chi connectivity index (χ0) is 14.2. The number of hydrogen-bond acceptors (Lipinski definition) is 3. The van der Waals surface area contributed by atoms with Crippen LogP contribution in [0.5, 0.6) is 0 Å². The normalized spacial score (nSPS) is 11.6. The third-order valence-corrected chi connectivity index (χ3v) is 4.61. The molecule has 0 atom stereocenters. The Hall–Kier alpha value is -1.48. The number of rotatable bonds is 3. The Bertz CT molecular complexity index is 707. The van der Waals surface area contributed by atoms with Gasteiger partial charge in [-0.15, -0.1) is 0 Å². The Morgan fingerprint density at radius 3 is 2.58 bits per heavy atom. The molecule has 102 valence electrons. The van der Waals surface area contributed by atoms with E-state index in [1.165, 1.54) is 24.0 Å². The Kier molecular flexibility index (Phi) is 3.59. The van der Waals surface area contributed by atoms with Crippen LogP contribution in [0.1, 0.15) is 0 Å². The maximum Gasteiger partial charge on any atom is 0.267 e. The standard InChI is InChI=1S/C10H8BrF2N3O2S/c1-16-9(2-3-14-16)15-19(17,18)10-7(11)4-6(12)5-8(10)13/h2-5,15H,1H3. The number of halogens is 3. The first-order valence-corrected chi connectivity index (χ1v) is 7.24. The van der Waals surface area contributed by atoms with Crippen LogP contribution in [0.4, 0.5) is 14.6 Å². The second kappa shape index (κ2) is 4.89. The fourth-order valence-electron chi connectivity index (χ4n) is 1.45. The molecule has 0 fully saturated rings. The molecule has 0 aliphatic rings. The first-order chi connectivity index (χ1) is 8.81. The van der Waals surface area contributed by atoms with E-state index < -0.39 is 26.6 Å². The van der Waals surface area contributed by atoms with E-state index in [1.54, 1.807) is 0 Å². The van der Waals surface area contributed by atoms with Gasteiger partial charge in [-0.3, -0.25) is 9.40 Å². The predicted octanol–water partition coefficient (Wildman–Crippen LogP) is 2.26. The molecule has 1 N–H and O–H groups in total. The molecule has 0 aliphatic heterocycles. The van der Waals surface area contributed by atoms with E-state index in [2.05, 4.69) is 25.8 Å². The summed E-state index contributed by atoms with van der Waals surface area (Å²) in [7, 11) is -2.66. The van der Waals surface area contributed by atoms with Gasteiger partial charge in [0.1, 0.15) is 22.3 Å². The lowest BCUT2D eigenvalue weighted by atomic mass is 10.3. The van der Waals surface area contributed by atoms with Gasteiger partial charge in [0.05, 0.1) is 6.20 Å². The van der Waals surface area contributed by atoms with E-state index >= 15 is 0 Å². The number of benzene rings is 1. The minimum atomic E-state index is -4.18. The van der Waals surface area contributed by atoms with Crippen molar-refractivity contribution in [1.82, 2.24) is 9.78 Å². The Labute approximate surface area is 116 Å². The van der Waals surface area contributed by atoms with Crippen molar-refractivity contribution in [2.45, 2.75) is 4.90 Å². The van der Waals surface area contributed by atoms with Gasteiger partial charge >= 0.3 is 0 Å². The fraction of sp³-hybridized carbons (Fsp3) is 0.100. The summed E-state index contributed by atoms with van der Waals surface area (Å²) < 4.78 is 53.9. The molecule has 5 nitrogen and oxygen atoms in total. The quantitative estimate of drug-likeness (QED) is 0.922. The lowest BCUT2D eigenvalue weighted by molar-refractivity contribution is 0.548. The Morgan fingerprint density at radius 1 is 1.37 bits per heavy atom. The highest BCUT2D eigenvalue weighted by Gasteiger charge is 2.24. The summed E-state index contributed by atoms with van der Waals surface area (Å²) >= 11 is 2.83. The molecule has 1 aromatic heterocycles. The molecule has 0 unspecified atom stereocenters. The van der Waals surface area contributed by atoms with Crippen molar-refractivity contribution < 1.29 is 17.2 Å². The second-order valence-corrected chi connectivity index (χ2v) is 6.12. The summed E-state index contributed by atoms with van der Waals surface area (Å²) in [5.41, 5.74) is 0. The second-order valence-electron chi connectivity index (χ2n) is 3.64. The molecule has 0 saturated heterocycles. The van der Waals surface area contributed by atoms with Gasteiger partial charge in [-0.1, -0.05) is 0 Å². The van der Waals surface area contributed by atoms with Crippen LogP contribution in [0.3, 0.4) is 0 Å². The van der Waals surface area contributed by atoms with Gasteiger partial charge in [-0.25, -0.2) is 17.2 Å². The number of hydrogen-bond donors (Lipinski definition) is 1. The lowest BCUT2D eigenvalue weighted by Crippen LogP contribution is -2.17. The fourth-order valence-corrected chi connectivity index (χ4v) is 3.70. The van der Waals surface area contributed by atoms with Gasteiger partial charge < -0.3 is 0 Å². The smallest absolute Gasteiger partial charge is 0.263 e. The summed E-state index contributed by atoms with van der Waals surface area (Å²) in [4.78, 5) is -0.657. The number of anilines is 1. The summed E-state index contributed by atoms with van der Waals surface area (Å²) in [6.45, 7) is 0. The van der Waals surface area contributed by atoms with Crippen molar-refractivity contribution in [3.63, 3.8) is 0 Å². The van der Waals surface area contributed by atoms with Crippen LogP contribution in [0.25, 0.3) is 0 Å². The molecule has 0 amide bonds. The summed E-state index contributed by atoms with van der Waals surface area (Å²) in [6.07, 6.45) is 1.38. The SMILES string of the molecule is Cn1nccc1NS(=O)(=O)c1c(F)cc(F)cc1Br. The number of aromatic nitrogens is 2. The van der Waals surface area contributed by atoms with E-state index in [0.717, 1.165) is 6.07 Å². The van der Waals surface area contributed by atoms with Gasteiger partial charge in [0.15, 0.2) is 0 Å². The monoisotopic (exact) mass is 351 g/mol. The maximum atomic E-state index is 13.6. The first kappa shape index (κ1) is 13.9. The predicted molar refractivity (Wildman–Crippen MR) is 68.1 cm³/mol. The van der Waals surface area contributed by atoms with Crippen LogP contribution in [0, 0.1) is 11.6 Å². The molecule has 2 aromatic rings. The summed E-state index contributed by atoms with van der Waals surface area (Å²) in [5.74, 6) is -1.89. The van der Waals surface area contributed by atoms with Crippen LogP contribution in [0.15, 0.2) is 33.8 Å². The molecule has 19 heavy (non-hydrogen) atoms. The molecule has 0 spiro atoms. The number of aryl methyl sites for hydroxylation is 1. The third kappa shape index (κ3) is 2.76. The van der Waals surface area contributed by atoms with Crippen molar-refractivity contribution in [3.05, 3.63) is 40.5 Å². The zero-order valence-electron chi connectivity index (χ0n) is 9.56. The van der Waals surface area contributed by atoms with Crippen molar-refractivity contribution in [3.8, 4) is 0 Å². The maximum absolute atomic E-state index is 13.6. The zero-order valence-corrected chi connectivity index (χ0v) is 12.0. The van der Waals surface area contributed by atoms with Crippen molar-refractivity contribution in [2.75, 3.05) is 4.72 Å². The van der Waals surface area contributed by atoms with E-state index in [1.807, 2.05) is 0 Å². The van der Waals surface area contributed by atoms with Crippen molar-refractivity contribution >= 4 is 31.8 Å². The highest BCUT2D eigenvalue weighted by Crippen LogP contribution is 2.27. The van der Waals surface area contributed by atoms with Crippen molar-refractivity contribution in [2.24, 2.45) is 7.05 Å². The highest BCUT2D eigenvalue weighted by atomic mass is 79.9. The molecular formula is C10H8BrF2N3O2S. The summed E-state index contributed by atoms with van der Waals surface area (Å²) in [5, 5.41) is 3.78. The topological polar surface area (TPSA) is 64.0 Å². The van der Waals surface area contributed by atoms with E-state index in [-0.39, 0.29) is 10.3 Å². The number of nitrogens with one attached hydrogen (secondary N) is 1. The molecule has 0 saturated carbocycles. The number of nitrogens with zero attached hydrogens (tertiary/aromatic N) is 2. The molecule has 0 radical (unpaired) electrons. The van der Waals surface area contributed by atoms with Crippen molar-refractivity contribution in [1.29, 1.82) is 0 Å². The average molecular weight is 352 g/mol. The van der Waals surface area contributed by atoms with Gasteiger partial charge in [0, 0.05) is 23.7 Å². The molecule has 0 bridgehead atoms. The van der Waals surface area contributed by atoms with Crippen LogP contribution in [-0.2, 0) is 17.1 Å². The van der Waals surface area contributed by atoms with Gasteiger partial charge in [-0.2, -0.15) is 5.10 Å². The Morgan fingerprint density at radius 2 is 2.05 bits per heavy atom. The number of sulfonamides is 1. The van der Waals surface area contributed by atoms with Gasteiger partial charge in [0.25, 0.3) is 10.0 Å². The molecule has 1 heterocycles. The van der Waals surface area contributed by atoms with E-state index in [9.17, 15) is 17.2 Å². The largest absolute Gasteiger partial charge is 0.267 e. The van der Waals surface area contributed by atoms with Gasteiger partial charge in [-0.05, 0) is 22.0 Å². The third-order valence-electron chi connectivity index (χ3n) is 2.29. The molecule has 0 aliphatic carbocycles. The molecule has 9 heteroatoms. The minimum Gasteiger partial charge on any atom is -0.263 e. The average Bonchev–Trinajstić information content (AvgIpc) is 2.61. The van der Waals surface area contributed by atoms with E-state index in [0.29, 0.717) is 6.07 Å². The van der Waals surface area contributed by atoms with Crippen LogP contribution < -0.4 is 4.72 Å². The van der Waals surface area contributed by atoms with Gasteiger partial charge in [0.2, 0.25) is 0 Å². The lowest BCUT2D eigenvalue weighted by Gasteiger charge is -2.10. The highest BCUT2D eigenvalue weighted by molar-refractivity contribution is 9.10. The molecule has 1 aromatic carbocycles. The molecular weight excluding hydrogens is 344 g/mol. The van der Waals surface area contributed by atoms with Crippen LogP contribution >= 0.6 is 15.9 Å². The minimum absolute atomic E-state index is 0.163. The summed E-state index contributed by atoms with van der Waals surface area (Å²) in [6, 6.07) is 2.79. The van der Waals surface area contributed by atoms with Crippen LogP contribution in [-0.4, -0.2) is 18.2 Å². The van der Waals surface area contributed by atoms with Crippen LogP contribution in [0.2, 0.25) is 0 Å². The first-order valence-electron chi connectivity index (χ1n) is 4.96.